The van der Waals surface area contributed by atoms with Gasteiger partial charge in [-0.25, -0.2) is 0 Å². The molecule has 2 amide bonds. The molecule has 0 N–H and O–H groups in total. The second kappa shape index (κ2) is 8.78. The van der Waals surface area contributed by atoms with Gasteiger partial charge < -0.3 is 9.47 Å². The van der Waals surface area contributed by atoms with Gasteiger partial charge in [0.05, 0.1) is 30.1 Å². The SMILES string of the molecule is CCOc1ccc(C=C2SC(=O)N(Cc3ccc([N+](=O)[O-])cc3)C2=O)cc1OC. The largest absolute Gasteiger partial charge is 0.493 e. The molecule has 1 aliphatic heterocycles. The van der Waals surface area contributed by atoms with Crippen molar-refractivity contribution in [1.82, 2.24) is 4.90 Å². The van der Waals surface area contributed by atoms with Crippen LogP contribution in [0.25, 0.3) is 6.08 Å². The van der Waals surface area contributed by atoms with Gasteiger partial charge in [0.15, 0.2) is 11.5 Å². The number of imide groups is 1. The molecule has 0 radical (unpaired) electrons. The summed E-state index contributed by atoms with van der Waals surface area (Å²) in [6, 6.07) is 11.0. The number of ether oxygens (including phenoxy) is 2. The number of carbonyl (C=O) groups is 2. The molecule has 29 heavy (non-hydrogen) atoms. The summed E-state index contributed by atoms with van der Waals surface area (Å²) in [6.07, 6.45) is 1.62. The number of nitro benzene ring substituents is 1. The smallest absolute Gasteiger partial charge is 0.293 e. The summed E-state index contributed by atoms with van der Waals surface area (Å²) in [5.41, 5.74) is 1.28. The number of nitrogens with zero attached hydrogens (tertiary/aromatic N) is 2. The molecule has 0 saturated carbocycles. The van der Waals surface area contributed by atoms with Gasteiger partial charge in [0.2, 0.25) is 0 Å². The third-order valence-corrected chi connectivity index (χ3v) is 5.05. The number of methoxy groups -OCH3 is 1. The van der Waals surface area contributed by atoms with Crippen LogP contribution in [0.3, 0.4) is 0 Å². The molecule has 150 valence electrons. The summed E-state index contributed by atoms with van der Waals surface area (Å²) in [4.78, 5) is 36.6. The lowest BCUT2D eigenvalue weighted by Crippen LogP contribution is -2.27. The van der Waals surface area contributed by atoms with Crippen LogP contribution in [-0.4, -0.2) is 34.7 Å². The number of amides is 2. The van der Waals surface area contributed by atoms with Crippen molar-refractivity contribution in [2.24, 2.45) is 0 Å². The van der Waals surface area contributed by atoms with E-state index in [1.54, 1.807) is 24.3 Å². The van der Waals surface area contributed by atoms with E-state index < -0.39 is 16.1 Å². The maximum absolute atomic E-state index is 12.7. The summed E-state index contributed by atoms with van der Waals surface area (Å²) in [7, 11) is 1.53. The molecule has 0 aliphatic carbocycles. The maximum Gasteiger partial charge on any atom is 0.293 e. The molecule has 3 rings (SSSR count). The average molecular weight is 414 g/mol. The summed E-state index contributed by atoms with van der Waals surface area (Å²) in [5, 5.41) is 10.3. The Labute approximate surface area is 171 Å². The molecule has 1 saturated heterocycles. The van der Waals surface area contributed by atoms with Crippen molar-refractivity contribution in [2.45, 2.75) is 13.5 Å². The Morgan fingerprint density at radius 3 is 2.48 bits per heavy atom. The van der Waals surface area contributed by atoms with Gasteiger partial charge in [-0.1, -0.05) is 18.2 Å². The minimum absolute atomic E-state index is 0.0482. The zero-order chi connectivity index (χ0) is 21.0. The van der Waals surface area contributed by atoms with Crippen molar-refractivity contribution in [3.63, 3.8) is 0 Å². The van der Waals surface area contributed by atoms with Crippen molar-refractivity contribution in [2.75, 3.05) is 13.7 Å². The highest BCUT2D eigenvalue weighted by Crippen LogP contribution is 2.35. The van der Waals surface area contributed by atoms with Crippen molar-refractivity contribution in [3.8, 4) is 11.5 Å². The third-order valence-electron chi connectivity index (χ3n) is 4.15. The molecule has 0 bridgehead atoms. The van der Waals surface area contributed by atoms with Gasteiger partial charge in [-0.05, 0) is 48.0 Å². The lowest BCUT2D eigenvalue weighted by molar-refractivity contribution is -0.384. The number of carbonyl (C=O) groups excluding carboxylic acids is 2. The van der Waals surface area contributed by atoms with Crippen LogP contribution in [0.4, 0.5) is 10.5 Å². The number of nitro groups is 1. The van der Waals surface area contributed by atoms with Gasteiger partial charge in [-0.2, -0.15) is 0 Å². The molecule has 9 heteroatoms. The zero-order valence-corrected chi connectivity index (χ0v) is 16.6. The summed E-state index contributed by atoms with van der Waals surface area (Å²) >= 11 is 0.850. The Bertz CT molecular complexity index is 987. The second-order valence-electron chi connectivity index (χ2n) is 6.03. The molecule has 1 heterocycles. The highest BCUT2D eigenvalue weighted by molar-refractivity contribution is 8.18. The van der Waals surface area contributed by atoms with Crippen molar-refractivity contribution < 1.29 is 24.0 Å². The molecule has 1 aliphatic rings. The summed E-state index contributed by atoms with van der Waals surface area (Å²) in [6.45, 7) is 2.41. The highest BCUT2D eigenvalue weighted by Gasteiger charge is 2.35. The molecule has 8 nitrogen and oxygen atoms in total. The lowest BCUT2D eigenvalue weighted by atomic mass is 10.1. The van der Waals surface area contributed by atoms with Gasteiger partial charge in [0.25, 0.3) is 16.8 Å². The van der Waals surface area contributed by atoms with Gasteiger partial charge >= 0.3 is 0 Å². The quantitative estimate of drug-likeness (QED) is 0.380. The van der Waals surface area contributed by atoms with E-state index >= 15 is 0 Å². The van der Waals surface area contributed by atoms with Crippen molar-refractivity contribution in [1.29, 1.82) is 0 Å². The van der Waals surface area contributed by atoms with E-state index in [0.717, 1.165) is 16.7 Å². The van der Waals surface area contributed by atoms with Crippen molar-refractivity contribution in [3.05, 3.63) is 68.6 Å². The van der Waals surface area contributed by atoms with Crippen LogP contribution >= 0.6 is 11.8 Å². The number of non-ortho nitro benzene ring substituents is 1. The van der Waals surface area contributed by atoms with Crippen LogP contribution in [-0.2, 0) is 11.3 Å². The van der Waals surface area contributed by atoms with Crippen LogP contribution < -0.4 is 9.47 Å². The molecule has 0 atom stereocenters. The van der Waals surface area contributed by atoms with E-state index in [0.29, 0.717) is 34.1 Å². The molecule has 2 aromatic carbocycles. The van der Waals surface area contributed by atoms with Crippen LogP contribution in [0.5, 0.6) is 11.5 Å². The Morgan fingerprint density at radius 2 is 1.86 bits per heavy atom. The maximum atomic E-state index is 12.7. The zero-order valence-electron chi connectivity index (χ0n) is 15.8. The predicted octanol–water partition coefficient (Wildman–Crippen LogP) is 4.24. The fourth-order valence-electron chi connectivity index (χ4n) is 2.74. The van der Waals surface area contributed by atoms with E-state index in [4.69, 9.17) is 9.47 Å². The van der Waals surface area contributed by atoms with Gasteiger partial charge in [-0.15, -0.1) is 0 Å². The third kappa shape index (κ3) is 4.57. The van der Waals surface area contributed by atoms with E-state index in [-0.39, 0.29) is 12.2 Å². The molecule has 2 aromatic rings. The first-order chi connectivity index (χ1) is 13.9. The van der Waals surface area contributed by atoms with Gasteiger partial charge in [0, 0.05) is 12.1 Å². The van der Waals surface area contributed by atoms with Crippen LogP contribution in [0.15, 0.2) is 47.4 Å². The fourth-order valence-corrected chi connectivity index (χ4v) is 3.58. The van der Waals surface area contributed by atoms with E-state index in [1.165, 1.54) is 31.4 Å². The lowest BCUT2D eigenvalue weighted by Gasteiger charge is -2.12. The average Bonchev–Trinajstić information content (AvgIpc) is 2.97. The Morgan fingerprint density at radius 1 is 1.14 bits per heavy atom. The molecular formula is C20H18N2O6S. The molecule has 1 fully saturated rings. The molecular weight excluding hydrogens is 396 g/mol. The van der Waals surface area contributed by atoms with E-state index in [9.17, 15) is 19.7 Å². The Hall–Kier alpha value is -3.33. The Kier molecular flexibility index (Phi) is 6.18. The summed E-state index contributed by atoms with van der Waals surface area (Å²) in [5.74, 6) is 0.718. The predicted molar refractivity (Wildman–Crippen MR) is 109 cm³/mol. The molecule has 0 spiro atoms. The standard InChI is InChI=1S/C20H18N2O6S/c1-3-28-16-9-6-14(10-17(16)27-2)11-18-19(23)21(20(24)29-18)12-13-4-7-15(8-5-13)22(25)26/h4-11H,3,12H2,1-2H3. The summed E-state index contributed by atoms with van der Waals surface area (Å²) < 4.78 is 10.8. The normalized spacial score (nSPS) is 15.1. The topological polar surface area (TPSA) is 99.0 Å². The highest BCUT2D eigenvalue weighted by atomic mass is 32.2. The molecule has 0 unspecified atom stereocenters. The van der Waals surface area contributed by atoms with Gasteiger partial charge in [-0.3, -0.25) is 24.6 Å². The minimum Gasteiger partial charge on any atom is -0.493 e. The fraction of sp³-hybridized carbons (Fsp3) is 0.200. The van der Waals surface area contributed by atoms with Crippen molar-refractivity contribution >= 4 is 34.7 Å². The number of rotatable bonds is 7. The van der Waals surface area contributed by atoms with E-state index in [2.05, 4.69) is 0 Å². The monoisotopic (exact) mass is 414 g/mol. The number of benzene rings is 2. The van der Waals surface area contributed by atoms with Crippen LogP contribution in [0.1, 0.15) is 18.1 Å². The molecule has 0 aromatic heterocycles. The minimum atomic E-state index is -0.502. The van der Waals surface area contributed by atoms with Crippen LogP contribution in [0, 0.1) is 10.1 Å². The number of hydrogen-bond acceptors (Lipinski definition) is 7. The van der Waals surface area contributed by atoms with Gasteiger partial charge in [0.1, 0.15) is 0 Å². The first kappa shape index (κ1) is 20.4. The Balaban J connectivity index is 1.78. The van der Waals surface area contributed by atoms with E-state index in [1.807, 2.05) is 6.92 Å². The number of thioether (sulfide) groups is 1. The number of hydrogen-bond donors (Lipinski definition) is 0. The first-order valence-corrected chi connectivity index (χ1v) is 9.54. The van der Waals surface area contributed by atoms with Crippen LogP contribution in [0.2, 0.25) is 0 Å². The second-order valence-corrected chi connectivity index (χ2v) is 7.03. The first-order valence-electron chi connectivity index (χ1n) is 8.72.